The molecule has 0 saturated heterocycles. The molecule has 0 aromatic carbocycles. The lowest BCUT2D eigenvalue weighted by atomic mass is 10.9. The predicted molar refractivity (Wildman–Crippen MR) is 49.2 cm³/mol. The van der Waals surface area contributed by atoms with Crippen molar-refractivity contribution in [2.75, 3.05) is 0 Å². The minimum atomic E-state index is -0.118. The van der Waals surface area contributed by atoms with Gasteiger partial charge in [0.2, 0.25) is 11.1 Å². The van der Waals surface area contributed by atoms with Crippen molar-refractivity contribution in [3.63, 3.8) is 0 Å². The molecule has 72 valence electrons. The molecule has 8 heteroatoms. The summed E-state index contributed by atoms with van der Waals surface area (Å²) in [4.78, 5) is 11.2. The Labute approximate surface area is 85.0 Å². The molecule has 0 aliphatic carbocycles. The van der Waals surface area contributed by atoms with Gasteiger partial charge in [-0.25, -0.2) is 4.98 Å². The van der Waals surface area contributed by atoms with E-state index in [2.05, 4.69) is 15.0 Å². The van der Waals surface area contributed by atoms with E-state index in [0.29, 0.717) is 5.13 Å². The van der Waals surface area contributed by atoms with Crippen LogP contribution >= 0.6 is 11.3 Å². The number of halogens is 1. The number of aromatic nitrogens is 1. The highest BCUT2D eigenvalue weighted by Gasteiger charge is 1.93. The maximum Gasteiger partial charge on any atom is 0.225 e. The summed E-state index contributed by atoms with van der Waals surface area (Å²) in [5, 5.41) is 2.30. The quantitative estimate of drug-likeness (QED) is 0.334. The zero-order valence-electron chi connectivity index (χ0n) is 6.51. The van der Waals surface area contributed by atoms with E-state index in [1.165, 1.54) is 11.3 Å². The van der Waals surface area contributed by atoms with Crippen molar-refractivity contribution in [2.24, 2.45) is 27.2 Å². The molecule has 6 nitrogen and oxygen atoms in total. The van der Waals surface area contributed by atoms with Crippen LogP contribution in [0.4, 0.5) is 5.13 Å². The molecule has 13 heavy (non-hydrogen) atoms. The molecule has 0 atom stereocenters. The first kappa shape index (κ1) is 11.7. The highest BCUT2D eigenvalue weighted by molar-refractivity contribution is 7.13. The minimum absolute atomic E-state index is 0. The third kappa shape index (κ3) is 4.28. The van der Waals surface area contributed by atoms with Gasteiger partial charge in [0, 0.05) is 11.6 Å². The Kier molecular flexibility index (Phi) is 4.78. The lowest BCUT2D eigenvalue weighted by Crippen LogP contribution is -3.00. The normalized spacial score (nSPS) is 10.3. The Hall–Kier alpha value is -1.34. The summed E-state index contributed by atoms with van der Waals surface area (Å²) >= 11 is 1.35. The van der Waals surface area contributed by atoms with Crippen molar-refractivity contribution in [1.82, 2.24) is 4.98 Å². The zero-order chi connectivity index (χ0) is 8.97. The Morgan fingerprint density at radius 1 is 1.38 bits per heavy atom. The van der Waals surface area contributed by atoms with Gasteiger partial charge in [-0.05, 0) is 0 Å². The first-order valence-corrected chi connectivity index (χ1v) is 3.90. The number of guanidine groups is 2. The van der Waals surface area contributed by atoms with Crippen LogP contribution < -0.4 is 29.6 Å². The van der Waals surface area contributed by atoms with Gasteiger partial charge in [0.1, 0.15) is 0 Å². The summed E-state index contributed by atoms with van der Waals surface area (Å²) < 4.78 is 0. The first-order valence-electron chi connectivity index (χ1n) is 3.02. The molecular weight excluding hydrogens is 212 g/mol. The van der Waals surface area contributed by atoms with Gasteiger partial charge in [-0.1, -0.05) is 0 Å². The van der Waals surface area contributed by atoms with Gasteiger partial charge in [-0.15, -0.1) is 11.3 Å². The van der Waals surface area contributed by atoms with Crippen LogP contribution in [-0.4, -0.2) is 16.9 Å². The molecule has 0 bridgehead atoms. The van der Waals surface area contributed by atoms with Crippen LogP contribution in [0.3, 0.4) is 0 Å². The lowest BCUT2D eigenvalue weighted by molar-refractivity contribution is -0.00000306. The van der Waals surface area contributed by atoms with E-state index in [1.807, 2.05) is 0 Å². The highest BCUT2D eigenvalue weighted by Crippen LogP contribution is 2.13. The van der Waals surface area contributed by atoms with Crippen LogP contribution in [0.2, 0.25) is 0 Å². The summed E-state index contributed by atoms with van der Waals surface area (Å²) in [5.74, 6) is -0.113. The van der Waals surface area contributed by atoms with Gasteiger partial charge in [0.15, 0.2) is 5.96 Å². The van der Waals surface area contributed by atoms with Crippen LogP contribution in [0.1, 0.15) is 0 Å². The van der Waals surface area contributed by atoms with Crippen LogP contribution in [0.5, 0.6) is 0 Å². The van der Waals surface area contributed by atoms with Gasteiger partial charge in [-0.2, -0.15) is 9.98 Å². The van der Waals surface area contributed by atoms with Crippen molar-refractivity contribution >= 4 is 28.4 Å². The summed E-state index contributed by atoms with van der Waals surface area (Å²) in [7, 11) is 0. The molecule has 1 aromatic rings. The van der Waals surface area contributed by atoms with E-state index < -0.39 is 0 Å². The van der Waals surface area contributed by atoms with Crippen molar-refractivity contribution in [1.29, 1.82) is 0 Å². The number of hydrogen-bond acceptors (Lipinski definition) is 3. The monoisotopic (exact) mass is 219 g/mol. The van der Waals surface area contributed by atoms with Crippen molar-refractivity contribution in [3.05, 3.63) is 11.6 Å². The van der Waals surface area contributed by atoms with Gasteiger partial charge in [0.25, 0.3) is 0 Å². The van der Waals surface area contributed by atoms with Gasteiger partial charge >= 0.3 is 0 Å². The van der Waals surface area contributed by atoms with E-state index in [-0.39, 0.29) is 24.3 Å². The van der Waals surface area contributed by atoms with Gasteiger partial charge in [-0.3, -0.25) is 0 Å². The first-order chi connectivity index (χ1) is 5.68. The lowest BCUT2D eigenvalue weighted by Gasteiger charge is -1.90. The molecule has 1 heterocycles. The Morgan fingerprint density at radius 3 is 2.54 bits per heavy atom. The molecule has 0 saturated carbocycles. The maximum atomic E-state index is 5.34. The summed E-state index contributed by atoms with van der Waals surface area (Å²) in [5.41, 5.74) is 15.5. The molecule has 0 aliphatic rings. The standard InChI is InChI=1S/C5H8N6S.ClH/c6-3(7)10-4(8)11-5-9-1-2-12-5;/h1-2H,(H6,6,7,8,9,10,11);1H/p-1. The molecule has 1 rings (SSSR count). The number of nitrogens with zero attached hydrogens (tertiary/aromatic N) is 3. The minimum Gasteiger partial charge on any atom is -1.00 e. The Bertz CT molecular complexity index is 301. The van der Waals surface area contributed by atoms with E-state index in [0.717, 1.165) is 0 Å². The zero-order valence-corrected chi connectivity index (χ0v) is 8.09. The van der Waals surface area contributed by atoms with Crippen LogP contribution in [-0.2, 0) is 0 Å². The maximum absolute atomic E-state index is 5.34. The number of thiazole rings is 1. The molecule has 0 aliphatic heterocycles. The fraction of sp³-hybridized carbons (Fsp3) is 0. The van der Waals surface area contributed by atoms with E-state index in [4.69, 9.17) is 17.2 Å². The number of rotatable bonds is 1. The molecule has 0 amide bonds. The van der Waals surface area contributed by atoms with Crippen LogP contribution in [0.25, 0.3) is 0 Å². The van der Waals surface area contributed by atoms with Gasteiger partial charge < -0.3 is 29.6 Å². The molecule has 0 fully saturated rings. The second-order valence-corrected chi connectivity index (χ2v) is 2.69. The van der Waals surface area contributed by atoms with E-state index >= 15 is 0 Å². The second kappa shape index (κ2) is 5.33. The van der Waals surface area contributed by atoms with Crippen molar-refractivity contribution < 1.29 is 12.4 Å². The fourth-order valence-electron chi connectivity index (χ4n) is 0.526. The SMILES string of the molecule is NC(N)=N/C(N)=N\c1nccs1.[Cl-]. The number of nitrogens with two attached hydrogens (primary N) is 3. The van der Waals surface area contributed by atoms with Crippen LogP contribution in [0.15, 0.2) is 21.6 Å². The van der Waals surface area contributed by atoms with E-state index in [9.17, 15) is 0 Å². The molecule has 0 spiro atoms. The number of hydrogen-bond donors (Lipinski definition) is 3. The molecule has 0 unspecified atom stereocenters. The summed E-state index contributed by atoms with van der Waals surface area (Å²) in [6.45, 7) is 0. The average Bonchev–Trinajstić information content (AvgIpc) is 2.37. The predicted octanol–water partition coefficient (Wildman–Crippen LogP) is -3.63. The van der Waals surface area contributed by atoms with Gasteiger partial charge in [0.05, 0.1) is 0 Å². The Balaban J connectivity index is 0.00000144. The number of aliphatic imine (C=N–C) groups is 2. The fourth-order valence-corrected chi connectivity index (χ4v) is 1.04. The van der Waals surface area contributed by atoms with Crippen LogP contribution in [0, 0.1) is 0 Å². The molecular formula is C5H8ClN6S-. The van der Waals surface area contributed by atoms with E-state index in [1.54, 1.807) is 11.6 Å². The largest absolute Gasteiger partial charge is 1.00 e. The average molecular weight is 220 g/mol. The summed E-state index contributed by atoms with van der Waals surface area (Å²) in [6, 6.07) is 0. The third-order valence-corrected chi connectivity index (χ3v) is 1.54. The topological polar surface area (TPSA) is 116 Å². The van der Waals surface area contributed by atoms with Crippen molar-refractivity contribution in [3.8, 4) is 0 Å². The smallest absolute Gasteiger partial charge is 0.225 e. The summed E-state index contributed by atoms with van der Waals surface area (Å²) in [6.07, 6.45) is 1.62. The molecule has 0 radical (unpaired) electrons. The highest BCUT2D eigenvalue weighted by atomic mass is 35.5. The third-order valence-electron chi connectivity index (χ3n) is 0.873. The molecule has 6 N–H and O–H groups in total. The Morgan fingerprint density at radius 2 is 2.08 bits per heavy atom. The van der Waals surface area contributed by atoms with Crippen molar-refractivity contribution in [2.45, 2.75) is 0 Å². The second-order valence-electron chi connectivity index (χ2n) is 1.82. The molecule has 1 aromatic heterocycles.